The molecule has 0 aromatic carbocycles. The number of carbonyl (C=O) groups is 1. The Balaban J connectivity index is 2.06. The summed E-state index contributed by atoms with van der Waals surface area (Å²) in [7, 11) is 3.04. The van der Waals surface area contributed by atoms with Crippen molar-refractivity contribution in [1.29, 1.82) is 0 Å². The van der Waals surface area contributed by atoms with E-state index in [-0.39, 0.29) is 6.10 Å². The molecule has 0 aliphatic carbocycles. The second-order valence-corrected chi connectivity index (χ2v) is 3.86. The molecule has 1 fully saturated rings. The molecule has 0 N–H and O–H groups in total. The van der Waals surface area contributed by atoms with E-state index < -0.39 is 5.97 Å². The summed E-state index contributed by atoms with van der Waals surface area (Å²) in [6.07, 6.45) is 4.17. The molecule has 2 rings (SSSR count). The maximum Gasteiger partial charge on any atom is 0.341 e. The number of hydrogen-bond donors (Lipinski definition) is 0. The summed E-state index contributed by atoms with van der Waals surface area (Å²) in [5, 5.41) is 0. The first-order valence-electron chi connectivity index (χ1n) is 5.42. The van der Waals surface area contributed by atoms with Crippen molar-refractivity contribution < 1.29 is 14.3 Å². The summed E-state index contributed by atoms with van der Waals surface area (Å²) in [6, 6.07) is 0. The van der Waals surface area contributed by atoms with Gasteiger partial charge in [-0.15, -0.1) is 0 Å². The molecule has 1 atom stereocenters. The van der Waals surface area contributed by atoms with Crippen LogP contribution in [0.25, 0.3) is 0 Å². The van der Waals surface area contributed by atoms with Crippen molar-refractivity contribution in [1.82, 2.24) is 9.97 Å². The van der Waals surface area contributed by atoms with E-state index in [1.807, 2.05) is 4.90 Å². The molecule has 1 saturated heterocycles. The Morgan fingerprint density at radius 3 is 2.65 bits per heavy atom. The van der Waals surface area contributed by atoms with Crippen LogP contribution in [0.3, 0.4) is 0 Å². The third-order valence-electron chi connectivity index (χ3n) is 2.82. The lowest BCUT2D eigenvalue weighted by molar-refractivity contribution is 0.0599. The monoisotopic (exact) mass is 237 g/mol. The van der Waals surface area contributed by atoms with Crippen LogP contribution >= 0.6 is 0 Å². The minimum atomic E-state index is -0.423. The fourth-order valence-electron chi connectivity index (χ4n) is 1.81. The van der Waals surface area contributed by atoms with Gasteiger partial charge in [0.25, 0.3) is 0 Å². The van der Waals surface area contributed by atoms with E-state index in [9.17, 15) is 4.79 Å². The van der Waals surface area contributed by atoms with Gasteiger partial charge in [-0.25, -0.2) is 14.8 Å². The second kappa shape index (κ2) is 5.09. The molecule has 17 heavy (non-hydrogen) atoms. The largest absolute Gasteiger partial charge is 0.465 e. The van der Waals surface area contributed by atoms with Gasteiger partial charge in [0, 0.05) is 32.6 Å². The summed E-state index contributed by atoms with van der Waals surface area (Å²) >= 11 is 0. The van der Waals surface area contributed by atoms with Crippen LogP contribution in [0.4, 0.5) is 5.95 Å². The standard InChI is InChI=1S/C11H15N3O3/c1-16-9-3-4-14(7-9)11-12-5-8(6-13-11)10(15)17-2/h5-6,9H,3-4,7H2,1-2H3/t9-/m1/s1. The smallest absolute Gasteiger partial charge is 0.341 e. The Morgan fingerprint density at radius 2 is 2.12 bits per heavy atom. The molecule has 92 valence electrons. The van der Waals surface area contributed by atoms with Crippen LogP contribution in [0.1, 0.15) is 16.8 Å². The van der Waals surface area contributed by atoms with Crippen LogP contribution < -0.4 is 4.90 Å². The van der Waals surface area contributed by atoms with Crippen LogP contribution in [-0.4, -0.2) is 49.4 Å². The SMILES string of the molecule is COC(=O)c1cnc(N2CC[C@@H](OC)C2)nc1. The fraction of sp³-hybridized carbons (Fsp3) is 0.545. The van der Waals surface area contributed by atoms with E-state index in [0.29, 0.717) is 11.5 Å². The van der Waals surface area contributed by atoms with Gasteiger partial charge < -0.3 is 14.4 Å². The molecule has 0 spiro atoms. The summed E-state index contributed by atoms with van der Waals surface area (Å²) < 4.78 is 9.85. The number of methoxy groups -OCH3 is 2. The van der Waals surface area contributed by atoms with Gasteiger partial charge in [-0.2, -0.15) is 0 Å². The molecule has 1 aliphatic rings. The van der Waals surface area contributed by atoms with Crippen molar-refractivity contribution in [3.05, 3.63) is 18.0 Å². The normalized spacial score (nSPS) is 19.4. The molecule has 1 aromatic heterocycles. The minimum Gasteiger partial charge on any atom is -0.465 e. The zero-order valence-corrected chi connectivity index (χ0v) is 9.92. The topological polar surface area (TPSA) is 64.5 Å². The second-order valence-electron chi connectivity index (χ2n) is 3.86. The van der Waals surface area contributed by atoms with Gasteiger partial charge >= 0.3 is 5.97 Å². The van der Waals surface area contributed by atoms with Crippen molar-refractivity contribution in [2.45, 2.75) is 12.5 Å². The number of anilines is 1. The number of hydrogen-bond acceptors (Lipinski definition) is 6. The predicted molar refractivity (Wildman–Crippen MR) is 61.0 cm³/mol. The molecule has 0 unspecified atom stereocenters. The molecule has 0 bridgehead atoms. The minimum absolute atomic E-state index is 0.235. The Hall–Kier alpha value is -1.69. The van der Waals surface area contributed by atoms with Crippen molar-refractivity contribution in [3.8, 4) is 0 Å². The Labute approximate surface area is 99.6 Å². The first kappa shape index (κ1) is 11.8. The van der Waals surface area contributed by atoms with E-state index in [1.165, 1.54) is 19.5 Å². The molecule has 0 saturated carbocycles. The van der Waals surface area contributed by atoms with Gasteiger partial charge in [-0.1, -0.05) is 0 Å². The maximum atomic E-state index is 11.2. The average Bonchev–Trinajstić information content (AvgIpc) is 2.87. The van der Waals surface area contributed by atoms with Crippen molar-refractivity contribution >= 4 is 11.9 Å². The van der Waals surface area contributed by atoms with Crippen LogP contribution in [-0.2, 0) is 9.47 Å². The van der Waals surface area contributed by atoms with Crippen molar-refractivity contribution in [2.24, 2.45) is 0 Å². The number of nitrogens with zero attached hydrogens (tertiary/aromatic N) is 3. The highest BCUT2D eigenvalue weighted by Gasteiger charge is 2.24. The van der Waals surface area contributed by atoms with Crippen LogP contribution in [0.2, 0.25) is 0 Å². The van der Waals surface area contributed by atoms with Gasteiger partial charge in [0.05, 0.1) is 18.8 Å². The molecule has 0 radical (unpaired) electrons. The van der Waals surface area contributed by atoms with Gasteiger partial charge in [0.1, 0.15) is 0 Å². The van der Waals surface area contributed by atoms with Gasteiger partial charge in [0.2, 0.25) is 5.95 Å². The maximum absolute atomic E-state index is 11.2. The summed E-state index contributed by atoms with van der Waals surface area (Å²) in [4.78, 5) is 21.6. The number of carbonyl (C=O) groups excluding carboxylic acids is 1. The zero-order valence-electron chi connectivity index (χ0n) is 9.92. The first-order chi connectivity index (χ1) is 8.24. The van der Waals surface area contributed by atoms with Crippen molar-refractivity contribution in [2.75, 3.05) is 32.2 Å². The Bertz CT molecular complexity index is 393. The lowest BCUT2D eigenvalue weighted by Crippen LogP contribution is -2.24. The predicted octanol–water partition coefficient (Wildman–Crippen LogP) is 0.488. The number of esters is 1. The summed E-state index contributed by atoms with van der Waals surface area (Å²) in [6.45, 7) is 1.66. The molecule has 1 aliphatic heterocycles. The number of aromatic nitrogens is 2. The quantitative estimate of drug-likeness (QED) is 0.713. The van der Waals surface area contributed by atoms with E-state index >= 15 is 0 Å². The summed E-state index contributed by atoms with van der Waals surface area (Å²) in [5.74, 6) is 0.199. The molecular weight excluding hydrogens is 222 g/mol. The summed E-state index contributed by atoms with van der Waals surface area (Å²) in [5.41, 5.74) is 0.360. The van der Waals surface area contributed by atoms with Crippen molar-refractivity contribution in [3.63, 3.8) is 0 Å². The van der Waals surface area contributed by atoms with E-state index in [4.69, 9.17) is 4.74 Å². The first-order valence-corrected chi connectivity index (χ1v) is 5.42. The lowest BCUT2D eigenvalue weighted by Gasteiger charge is -2.15. The molecule has 0 amide bonds. The molecule has 2 heterocycles. The lowest BCUT2D eigenvalue weighted by atomic mass is 10.3. The third kappa shape index (κ3) is 2.52. The highest BCUT2D eigenvalue weighted by molar-refractivity contribution is 5.88. The van der Waals surface area contributed by atoms with E-state index in [2.05, 4.69) is 14.7 Å². The molecule has 1 aromatic rings. The third-order valence-corrected chi connectivity index (χ3v) is 2.82. The Kier molecular flexibility index (Phi) is 3.53. The van der Waals surface area contributed by atoms with E-state index in [1.54, 1.807) is 7.11 Å². The molecule has 6 heteroatoms. The Morgan fingerprint density at radius 1 is 1.41 bits per heavy atom. The highest BCUT2D eigenvalue weighted by Crippen LogP contribution is 2.17. The zero-order chi connectivity index (χ0) is 12.3. The molecular formula is C11H15N3O3. The van der Waals surface area contributed by atoms with Crippen LogP contribution in [0.15, 0.2) is 12.4 Å². The fourth-order valence-corrected chi connectivity index (χ4v) is 1.81. The van der Waals surface area contributed by atoms with Crippen LogP contribution in [0, 0.1) is 0 Å². The number of rotatable bonds is 3. The van der Waals surface area contributed by atoms with E-state index in [0.717, 1.165) is 19.5 Å². The van der Waals surface area contributed by atoms with Crippen LogP contribution in [0.5, 0.6) is 0 Å². The molecule has 6 nitrogen and oxygen atoms in total. The van der Waals surface area contributed by atoms with Gasteiger partial charge in [-0.05, 0) is 6.42 Å². The number of ether oxygens (including phenoxy) is 2. The van der Waals surface area contributed by atoms with Gasteiger partial charge in [0.15, 0.2) is 0 Å². The average molecular weight is 237 g/mol. The van der Waals surface area contributed by atoms with Gasteiger partial charge in [-0.3, -0.25) is 0 Å². The highest BCUT2D eigenvalue weighted by atomic mass is 16.5.